The normalized spacial score (nSPS) is 19.7. The highest BCUT2D eigenvalue weighted by atomic mass is 16.5. The number of rotatable bonds is 1. The van der Waals surface area contributed by atoms with Crippen LogP contribution in [0.2, 0.25) is 0 Å². The fourth-order valence-electron chi connectivity index (χ4n) is 2.64. The highest BCUT2D eigenvalue weighted by molar-refractivity contribution is 5.94. The average Bonchev–Trinajstić information content (AvgIpc) is 2.84. The Morgan fingerprint density at radius 3 is 2.89 bits per heavy atom. The predicted octanol–water partition coefficient (Wildman–Crippen LogP) is 1.94. The number of urea groups is 1. The smallest absolute Gasteiger partial charge is 0.322 e. The number of para-hydroxylation sites is 1. The summed E-state index contributed by atoms with van der Waals surface area (Å²) in [5.74, 6) is 0. The van der Waals surface area contributed by atoms with Crippen LogP contribution >= 0.6 is 0 Å². The molecule has 4 heteroatoms. The van der Waals surface area contributed by atoms with Crippen molar-refractivity contribution in [1.29, 1.82) is 0 Å². The van der Waals surface area contributed by atoms with Crippen molar-refractivity contribution in [3.05, 3.63) is 29.8 Å². The molecule has 1 aromatic carbocycles. The van der Waals surface area contributed by atoms with Crippen molar-refractivity contribution in [1.82, 2.24) is 5.32 Å². The molecule has 18 heavy (non-hydrogen) atoms. The maximum atomic E-state index is 12.3. The number of nitrogens with one attached hydrogen (secondary N) is 1. The van der Waals surface area contributed by atoms with Gasteiger partial charge < -0.3 is 10.1 Å². The summed E-state index contributed by atoms with van der Waals surface area (Å²) in [6, 6.07) is 8.42. The van der Waals surface area contributed by atoms with Gasteiger partial charge in [-0.25, -0.2) is 4.79 Å². The minimum atomic E-state index is 0.0341. The minimum absolute atomic E-state index is 0.0341. The van der Waals surface area contributed by atoms with Gasteiger partial charge in [0.1, 0.15) is 0 Å². The first-order chi connectivity index (χ1) is 8.84. The number of carbonyl (C=O) groups excluding carboxylic acids is 1. The van der Waals surface area contributed by atoms with Crippen molar-refractivity contribution >= 4 is 11.7 Å². The number of fused-ring (bicyclic) bond motifs is 1. The highest BCUT2D eigenvalue weighted by Crippen LogP contribution is 2.27. The molecule has 1 aromatic rings. The molecule has 1 N–H and O–H groups in total. The number of anilines is 1. The van der Waals surface area contributed by atoms with Gasteiger partial charge >= 0.3 is 6.03 Å². The number of carbonyl (C=O) groups is 1. The Morgan fingerprint density at radius 1 is 1.28 bits per heavy atom. The summed E-state index contributed by atoms with van der Waals surface area (Å²) < 4.78 is 5.30. The highest BCUT2D eigenvalue weighted by Gasteiger charge is 2.26. The molecule has 2 aliphatic heterocycles. The molecule has 0 aliphatic carbocycles. The van der Waals surface area contributed by atoms with E-state index in [4.69, 9.17) is 4.74 Å². The number of nitrogens with zero attached hydrogens (tertiary/aromatic N) is 1. The Balaban J connectivity index is 1.67. The molecule has 1 saturated heterocycles. The van der Waals surface area contributed by atoms with Gasteiger partial charge in [0.05, 0.1) is 0 Å². The van der Waals surface area contributed by atoms with Crippen LogP contribution in [-0.4, -0.2) is 31.8 Å². The number of ether oxygens (including phenoxy) is 1. The van der Waals surface area contributed by atoms with Crippen LogP contribution in [0.15, 0.2) is 24.3 Å². The molecule has 2 aliphatic rings. The first-order valence-corrected chi connectivity index (χ1v) is 6.58. The third kappa shape index (κ3) is 2.20. The summed E-state index contributed by atoms with van der Waals surface area (Å²) in [7, 11) is 0. The summed E-state index contributed by atoms with van der Waals surface area (Å²) in [5, 5.41) is 3.11. The number of hydrogen-bond donors (Lipinski definition) is 1. The third-order valence-electron chi connectivity index (χ3n) is 3.68. The lowest BCUT2D eigenvalue weighted by atomic mass is 10.1. The molecule has 0 saturated carbocycles. The average molecular weight is 246 g/mol. The summed E-state index contributed by atoms with van der Waals surface area (Å²) >= 11 is 0. The van der Waals surface area contributed by atoms with Crippen molar-refractivity contribution in [2.75, 3.05) is 24.7 Å². The topological polar surface area (TPSA) is 41.6 Å². The Hall–Kier alpha value is -1.55. The largest absolute Gasteiger partial charge is 0.381 e. The van der Waals surface area contributed by atoms with E-state index in [1.54, 1.807) is 0 Å². The fraction of sp³-hybridized carbons (Fsp3) is 0.500. The Labute approximate surface area is 107 Å². The van der Waals surface area contributed by atoms with Gasteiger partial charge in [-0.3, -0.25) is 4.90 Å². The lowest BCUT2D eigenvalue weighted by Crippen LogP contribution is -2.46. The molecule has 2 heterocycles. The molecule has 0 radical (unpaired) electrons. The molecule has 1 fully saturated rings. The van der Waals surface area contributed by atoms with Gasteiger partial charge in [0.15, 0.2) is 0 Å². The molecule has 96 valence electrons. The summed E-state index contributed by atoms with van der Waals surface area (Å²) in [6.45, 7) is 2.29. The SMILES string of the molecule is O=C(NC1CCOCC1)N1CCc2ccccc21. The van der Waals surface area contributed by atoms with E-state index in [1.807, 2.05) is 23.1 Å². The molecule has 0 unspecified atom stereocenters. The fourth-order valence-corrected chi connectivity index (χ4v) is 2.64. The lowest BCUT2D eigenvalue weighted by molar-refractivity contribution is 0.0804. The van der Waals surface area contributed by atoms with E-state index in [-0.39, 0.29) is 12.1 Å². The van der Waals surface area contributed by atoms with Gasteiger partial charge in [0.2, 0.25) is 0 Å². The van der Waals surface area contributed by atoms with Gasteiger partial charge in [0, 0.05) is 31.5 Å². The van der Waals surface area contributed by atoms with E-state index >= 15 is 0 Å². The molecule has 3 rings (SSSR count). The Bertz CT molecular complexity index is 441. The quantitative estimate of drug-likeness (QED) is 0.822. The van der Waals surface area contributed by atoms with E-state index in [0.29, 0.717) is 0 Å². The van der Waals surface area contributed by atoms with Gasteiger partial charge in [-0.2, -0.15) is 0 Å². The standard InChI is InChI=1S/C14H18N2O2/c17-14(15-12-6-9-18-10-7-12)16-8-5-11-3-1-2-4-13(11)16/h1-4,12H,5-10H2,(H,15,17). The van der Waals surface area contributed by atoms with Crippen molar-refractivity contribution in [2.24, 2.45) is 0 Å². The Morgan fingerprint density at radius 2 is 2.06 bits per heavy atom. The molecule has 0 aromatic heterocycles. The molecule has 0 atom stereocenters. The van der Waals surface area contributed by atoms with E-state index in [9.17, 15) is 4.79 Å². The van der Waals surface area contributed by atoms with Crippen LogP contribution in [0, 0.1) is 0 Å². The van der Waals surface area contributed by atoms with Crippen LogP contribution in [0.25, 0.3) is 0 Å². The van der Waals surface area contributed by atoms with Crippen LogP contribution in [0.4, 0.5) is 10.5 Å². The molecule has 0 spiro atoms. The maximum absolute atomic E-state index is 12.3. The second-order valence-electron chi connectivity index (χ2n) is 4.87. The minimum Gasteiger partial charge on any atom is -0.381 e. The zero-order valence-corrected chi connectivity index (χ0v) is 10.4. The van der Waals surface area contributed by atoms with Crippen LogP contribution in [-0.2, 0) is 11.2 Å². The van der Waals surface area contributed by atoms with E-state index in [0.717, 1.165) is 44.7 Å². The molecular formula is C14H18N2O2. The van der Waals surface area contributed by atoms with Crippen LogP contribution in [0.1, 0.15) is 18.4 Å². The van der Waals surface area contributed by atoms with Gasteiger partial charge in [0.25, 0.3) is 0 Å². The number of hydrogen-bond acceptors (Lipinski definition) is 2. The van der Waals surface area contributed by atoms with Crippen molar-refractivity contribution in [2.45, 2.75) is 25.3 Å². The van der Waals surface area contributed by atoms with Crippen LogP contribution in [0.3, 0.4) is 0 Å². The summed E-state index contributed by atoms with van der Waals surface area (Å²) in [6.07, 6.45) is 2.79. The number of amides is 2. The molecule has 0 bridgehead atoms. The van der Waals surface area contributed by atoms with Crippen molar-refractivity contribution in [3.63, 3.8) is 0 Å². The van der Waals surface area contributed by atoms with Crippen molar-refractivity contribution < 1.29 is 9.53 Å². The van der Waals surface area contributed by atoms with E-state index in [1.165, 1.54) is 5.56 Å². The van der Waals surface area contributed by atoms with E-state index < -0.39 is 0 Å². The van der Waals surface area contributed by atoms with Crippen LogP contribution in [0.5, 0.6) is 0 Å². The molecule has 4 nitrogen and oxygen atoms in total. The predicted molar refractivity (Wildman–Crippen MR) is 69.9 cm³/mol. The maximum Gasteiger partial charge on any atom is 0.322 e. The van der Waals surface area contributed by atoms with Gasteiger partial charge in [-0.15, -0.1) is 0 Å². The Kier molecular flexibility index (Phi) is 3.19. The second kappa shape index (κ2) is 4.98. The van der Waals surface area contributed by atoms with Gasteiger partial charge in [-0.1, -0.05) is 18.2 Å². The number of benzene rings is 1. The molecule has 2 amide bonds. The first-order valence-electron chi connectivity index (χ1n) is 6.58. The van der Waals surface area contributed by atoms with Crippen molar-refractivity contribution in [3.8, 4) is 0 Å². The summed E-state index contributed by atoms with van der Waals surface area (Å²) in [5.41, 5.74) is 2.32. The monoisotopic (exact) mass is 246 g/mol. The zero-order chi connectivity index (χ0) is 12.4. The third-order valence-corrected chi connectivity index (χ3v) is 3.68. The summed E-state index contributed by atoms with van der Waals surface area (Å²) in [4.78, 5) is 14.1. The molecular weight excluding hydrogens is 228 g/mol. The van der Waals surface area contributed by atoms with Gasteiger partial charge in [-0.05, 0) is 30.9 Å². The first kappa shape index (κ1) is 11.5. The van der Waals surface area contributed by atoms with E-state index in [2.05, 4.69) is 11.4 Å². The second-order valence-corrected chi connectivity index (χ2v) is 4.87. The lowest BCUT2D eigenvalue weighted by Gasteiger charge is -2.26. The van der Waals surface area contributed by atoms with Crippen LogP contribution < -0.4 is 10.2 Å². The zero-order valence-electron chi connectivity index (χ0n) is 10.4.